The van der Waals surface area contributed by atoms with E-state index in [-0.39, 0.29) is 12.5 Å². The van der Waals surface area contributed by atoms with Crippen LogP contribution < -0.4 is 0 Å². The number of methoxy groups -OCH3 is 2. The second kappa shape index (κ2) is 4.21. The minimum atomic E-state index is -0.521. The van der Waals surface area contributed by atoms with Crippen LogP contribution in [-0.2, 0) is 9.47 Å². The number of rotatable bonds is 3. The van der Waals surface area contributed by atoms with Crippen molar-refractivity contribution in [2.45, 2.75) is 31.5 Å². The summed E-state index contributed by atoms with van der Waals surface area (Å²) in [7, 11) is 3.30. The summed E-state index contributed by atoms with van der Waals surface area (Å²) in [6, 6.07) is 0. The first-order valence-electron chi connectivity index (χ1n) is 4.50. The molecule has 0 aromatic carbocycles. The van der Waals surface area contributed by atoms with E-state index in [1.54, 1.807) is 14.2 Å². The highest BCUT2D eigenvalue weighted by molar-refractivity contribution is 4.83. The van der Waals surface area contributed by atoms with E-state index in [9.17, 15) is 0 Å². The van der Waals surface area contributed by atoms with E-state index in [1.165, 1.54) is 6.42 Å². The Hall–Kier alpha value is -0.120. The molecule has 0 radical (unpaired) electrons. The molecule has 12 heavy (non-hydrogen) atoms. The molecule has 0 aromatic heterocycles. The van der Waals surface area contributed by atoms with Gasteiger partial charge in [-0.1, -0.05) is 6.42 Å². The number of ether oxygens (including phenoxy) is 2. The molecule has 0 aliphatic heterocycles. The molecule has 0 heterocycles. The summed E-state index contributed by atoms with van der Waals surface area (Å²) in [5.74, 6) is -0.381. The predicted molar refractivity (Wildman–Crippen MR) is 45.8 cm³/mol. The van der Waals surface area contributed by atoms with Gasteiger partial charge in [-0.05, 0) is 12.8 Å². The SMILES string of the molecule is COC1(OC)CCCC[C@H]1CO. The number of aliphatic hydroxyl groups is 1. The quantitative estimate of drug-likeness (QED) is 0.652. The standard InChI is InChI=1S/C9H18O3/c1-11-9(12-2)6-4-3-5-8(9)7-10/h8,10H,3-7H2,1-2H3/t8-/m0/s1. The normalized spacial score (nSPS) is 28.8. The van der Waals surface area contributed by atoms with Crippen molar-refractivity contribution in [1.82, 2.24) is 0 Å². The zero-order chi connectivity index (χ0) is 9.03. The average Bonchev–Trinajstić information content (AvgIpc) is 2.17. The van der Waals surface area contributed by atoms with Gasteiger partial charge in [0.15, 0.2) is 5.79 Å². The van der Waals surface area contributed by atoms with E-state index in [1.807, 2.05) is 0 Å². The van der Waals surface area contributed by atoms with Crippen molar-refractivity contribution in [3.05, 3.63) is 0 Å². The Morgan fingerprint density at radius 3 is 2.42 bits per heavy atom. The molecule has 1 saturated carbocycles. The Labute approximate surface area is 73.7 Å². The Morgan fingerprint density at radius 2 is 2.00 bits per heavy atom. The maximum Gasteiger partial charge on any atom is 0.172 e. The van der Waals surface area contributed by atoms with Gasteiger partial charge in [0, 0.05) is 26.6 Å². The molecule has 1 aliphatic carbocycles. The highest BCUT2D eigenvalue weighted by atomic mass is 16.7. The summed E-state index contributed by atoms with van der Waals surface area (Å²) in [6.45, 7) is 0.154. The fraction of sp³-hybridized carbons (Fsp3) is 1.00. The lowest BCUT2D eigenvalue weighted by Gasteiger charge is -2.40. The van der Waals surface area contributed by atoms with E-state index in [4.69, 9.17) is 14.6 Å². The van der Waals surface area contributed by atoms with Crippen molar-refractivity contribution >= 4 is 0 Å². The van der Waals surface area contributed by atoms with Crippen LogP contribution in [0.15, 0.2) is 0 Å². The fourth-order valence-electron chi connectivity index (χ4n) is 2.04. The molecule has 0 spiro atoms. The smallest absolute Gasteiger partial charge is 0.172 e. The lowest BCUT2D eigenvalue weighted by molar-refractivity contribution is -0.259. The summed E-state index contributed by atoms with van der Waals surface area (Å²) < 4.78 is 10.7. The van der Waals surface area contributed by atoms with E-state index < -0.39 is 5.79 Å². The molecule has 72 valence electrons. The molecular formula is C9H18O3. The second-order valence-electron chi connectivity index (χ2n) is 3.35. The summed E-state index contributed by atoms with van der Waals surface area (Å²) in [5.41, 5.74) is 0. The fourth-order valence-corrected chi connectivity index (χ4v) is 2.04. The summed E-state index contributed by atoms with van der Waals surface area (Å²) in [6.07, 6.45) is 4.18. The molecule has 0 saturated heterocycles. The van der Waals surface area contributed by atoms with Crippen LogP contribution in [0.3, 0.4) is 0 Å². The maximum absolute atomic E-state index is 9.13. The van der Waals surface area contributed by atoms with Crippen LogP contribution in [0.2, 0.25) is 0 Å². The van der Waals surface area contributed by atoms with Crippen molar-refractivity contribution in [1.29, 1.82) is 0 Å². The predicted octanol–water partition coefficient (Wildman–Crippen LogP) is 1.16. The summed E-state index contributed by atoms with van der Waals surface area (Å²) >= 11 is 0. The third-order valence-electron chi connectivity index (χ3n) is 2.86. The minimum Gasteiger partial charge on any atom is -0.396 e. The van der Waals surface area contributed by atoms with Gasteiger partial charge < -0.3 is 14.6 Å². The highest BCUT2D eigenvalue weighted by Crippen LogP contribution is 2.36. The topological polar surface area (TPSA) is 38.7 Å². The van der Waals surface area contributed by atoms with Crippen LogP contribution in [0, 0.1) is 5.92 Å². The van der Waals surface area contributed by atoms with Crippen molar-refractivity contribution in [2.24, 2.45) is 5.92 Å². The summed E-state index contributed by atoms with van der Waals surface area (Å²) in [4.78, 5) is 0. The molecular weight excluding hydrogens is 156 g/mol. The van der Waals surface area contributed by atoms with Gasteiger partial charge in [-0.25, -0.2) is 0 Å². The zero-order valence-corrected chi connectivity index (χ0v) is 7.88. The zero-order valence-electron chi connectivity index (χ0n) is 7.88. The van der Waals surface area contributed by atoms with E-state index in [2.05, 4.69) is 0 Å². The summed E-state index contributed by atoms with van der Waals surface area (Å²) in [5, 5.41) is 9.13. The number of aliphatic hydroxyl groups excluding tert-OH is 1. The minimum absolute atomic E-state index is 0.140. The molecule has 0 bridgehead atoms. The Balaban J connectivity index is 2.66. The lowest BCUT2D eigenvalue weighted by atomic mass is 9.83. The van der Waals surface area contributed by atoms with Gasteiger partial charge >= 0.3 is 0 Å². The molecule has 0 unspecified atom stereocenters. The van der Waals surface area contributed by atoms with Gasteiger partial charge in [0.05, 0.1) is 6.61 Å². The van der Waals surface area contributed by atoms with Crippen LogP contribution in [0.25, 0.3) is 0 Å². The first-order valence-corrected chi connectivity index (χ1v) is 4.50. The highest BCUT2D eigenvalue weighted by Gasteiger charge is 2.40. The number of hydrogen-bond acceptors (Lipinski definition) is 3. The monoisotopic (exact) mass is 174 g/mol. The van der Waals surface area contributed by atoms with Crippen LogP contribution >= 0.6 is 0 Å². The maximum atomic E-state index is 9.13. The van der Waals surface area contributed by atoms with Gasteiger partial charge in [-0.2, -0.15) is 0 Å². The molecule has 1 aliphatic rings. The second-order valence-corrected chi connectivity index (χ2v) is 3.35. The van der Waals surface area contributed by atoms with Crippen LogP contribution in [0.5, 0.6) is 0 Å². The Kier molecular flexibility index (Phi) is 3.50. The number of hydrogen-bond donors (Lipinski definition) is 1. The van der Waals surface area contributed by atoms with Crippen molar-refractivity contribution in [3.63, 3.8) is 0 Å². The first kappa shape index (κ1) is 9.96. The van der Waals surface area contributed by atoms with Crippen molar-refractivity contribution in [2.75, 3.05) is 20.8 Å². The van der Waals surface area contributed by atoms with Gasteiger partial charge in [-0.15, -0.1) is 0 Å². The van der Waals surface area contributed by atoms with Crippen LogP contribution in [0.1, 0.15) is 25.7 Å². The Bertz CT molecular complexity index is 132. The van der Waals surface area contributed by atoms with Gasteiger partial charge in [0.2, 0.25) is 0 Å². The van der Waals surface area contributed by atoms with Gasteiger partial charge in [-0.3, -0.25) is 0 Å². The molecule has 1 atom stereocenters. The molecule has 3 nitrogen and oxygen atoms in total. The molecule has 0 aromatic rings. The molecule has 1 fully saturated rings. The van der Waals surface area contributed by atoms with E-state index in [0.717, 1.165) is 19.3 Å². The first-order chi connectivity index (χ1) is 5.79. The third-order valence-corrected chi connectivity index (χ3v) is 2.86. The van der Waals surface area contributed by atoms with Crippen LogP contribution in [-0.4, -0.2) is 31.7 Å². The largest absolute Gasteiger partial charge is 0.396 e. The van der Waals surface area contributed by atoms with Gasteiger partial charge in [0.1, 0.15) is 0 Å². The Morgan fingerprint density at radius 1 is 1.33 bits per heavy atom. The third kappa shape index (κ3) is 1.63. The average molecular weight is 174 g/mol. The lowest BCUT2D eigenvalue weighted by Crippen LogP contribution is -2.45. The van der Waals surface area contributed by atoms with Crippen molar-refractivity contribution in [3.8, 4) is 0 Å². The van der Waals surface area contributed by atoms with E-state index >= 15 is 0 Å². The van der Waals surface area contributed by atoms with Crippen LogP contribution in [0.4, 0.5) is 0 Å². The molecule has 1 rings (SSSR count). The molecule has 0 amide bonds. The molecule has 1 N–H and O–H groups in total. The van der Waals surface area contributed by atoms with E-state index in [0.29, 0.717) is 0 Å². The molecule has 3 heteroatoms. The van der Waals surface area contributed by atoms with Crippen molar-refractivity contribution < 1.29 is 14.6 Å². The van der Waals surface area contributed by atoms with Gasteiger partial charge in [0.25, 0.3) is 0 Å².